The Kier molecular flexibility index (Phi) is 3.72. The molecule has 4 nitrogen and oxygen atoms in total. The van der Waals surface area contributed by atoms with Gasteiger partial charge in [0, 0.05) is 11.6 Å². The summed E-state index contributed by atoms with van der Waals surface area (Å²) in [7, 11) is 1.19. The number of halogens is 3. The number of benzene rings is 1. The summed E-state index contributed by atoms with van der Waals surface area (Å²) in [4.78, 5) is 9.39. The van der Waals surface area contributed by atoms with E-state index in [9.17, 15) is 23.3 Å². The van der Waals surface area contributed by atoms with E-state index in [1.807, 2.05) is 0 Å². The lowest BCUT2D eigenvalue weighted by molar-refractivity contribution is -0.400. The molecule has 0 aliphatic heterocycles. The fourth-order valence-electron chi connectivity index (χ4n) is 1.17. The Labute approximate surface area is 94.5 Å². The zero-order valence-electron chi connectivity index (χ0n) is 8.69. The lowest BCUT2D eigenvalue weighted by atomic mass is 10.1. The number of alkyl halides is 3. The van der Waals surface area contributed by atoms with Gasteiger partial charge in [-0.1, -0.05) is 6.07 Å². The van der Waals surface area contributed by atoms with Crippen LogP contribution in [0.4, 0.5) is 13.2 Å². The zero-order chi connectivity index (χ0) is 13.1. The molecule has 0 unspecified atom stereocenters. The fraction of sp³-hybridized carbons (Fsp3) is 0.200. The van der Waals surface area contributed by atoms with Crippen molar-refractivity contribution in [3.05, 3.63) is 45.6 Å². The van der Waals surface area contributed by atoms with E-state index in [2.05, 4.69) is 0 Å². The first-order valence-corrected chi connectivity index (χ1v) is 4.41. The topological polar surface area (TPSA) is 52.4 Å². The zero-order valence-corrected chi connectivity index (χ0v) is 8.69. The maximum Gasteiger partial charge on any atom is 0.416 e. The van der Waals surface area contributed by atoms with Gasteiger partial charge in [-0.3, -0.25) is 10.1 Å². The monoisotopic (exact) mass is 247 g/mol. The average molecular weight is 247 g/mol. The standard InChI is InChI=1S/C10H8F3NO3/c1-17-9-6-8(10(11,12)13)3-2-7(9)4-5-14(15)16/h2-6H,1H3/b5-4+. The van der Waals surface area contributed by atoms with Crippen LogP contribution in [0.1, 0.15) is 11.1 Å². The lowest BCUT2D eigenvalue weighted by Gasteiger charge is -2.10. The van der Waals surface area contributed by atoms with Gasteiger partial charge in [0.1, 0.15) is 5.75 Å². The van der Waals surface area contributed by atoms with Gasteiger partial charge in [-0.2, -0.15) is 13.2 Å². The molecule has 0 aliphatic rings. The first-order valence-electron chi connectivity index (χ1n) is 4.41. The van der Waals surface area contributed by atoms with E-state index >= 15 is 0 Å². The summed E-state index contributed by atoms with van der Waals surface area (Å²) >= 11 is 0. The van der Waals surface area contributed by atoms with Crippen LogP contribution in [0, 0.1) is 10.1 Å². The molecule has 92 valence electrons. The summed E-state index contributed by atoms with van der Waals surface area (Å²) in [6, 6.07) is 2.74. The molecule has 1 aromatic rings. The van der Waals surface area contributed by atoms with Gasteiger partial charge >= 0.3 is 6.18 Å². The molecule has 0 bridgehead atoms. The second-order valence-corrected chi connectivity index (χ2v) is 3.06. The van der Waals surface area contributed by atoms with Crippen molar-refractivity contribution >= 4 is 6.08 Å². The van der Waals surface area contributed by atoms with Crippen LogP contribution in [0.3, 0.4) is 0 Å². The van der Waals surface area contributed by atoms with Crippen LogP contribution >= 0.6 is 0 Å². The van der Waals surface area contributed by atoms with Gasteiger partial charge in [-0.15, -0.1) is 0 Å². The minimum Gasteiger partial charge on any atom is -0.496 e. The van der Waals surface area contributed by atoms with Gasteiger partial charge in [0.25, 0.3) is 0 Å². The van der Waals surface area contributed by atoms with Gasteiger partial charge < -0.3 is 4.74 Å². The molecule has 0 spiro atoms. The molecule has 0 saturated heterocycles. The normalized spacial score (nSPS) is 11.8. The van der Waals surface area contributed by atoms with Crippen molar-refractivity contribution in [2.24, 2.45) is 0 Å². The molecular weight excluding hydrogens is 239 g/mol. The maximum atomic E-state index is 12.4. The van der Waals surface area contributed by atoms with E-state index in [4.69, 9.17) is 4.74 Å². The van der Waals surface area contributed by atoms with E-state index in [1.165, 1.54) is 7.11 Å². The van der Waals surface area contributed by atoms with Crippen LogP contribution in [0.2, 0.25) is 0 Å². The van der Waals surface area contributed by atoms with Crippen LogP contribution in [-0.4, -0.2) is 12.0 Å². The van der Waals surface area contributed by atoms with Crippen molar-refractivity contribution in [1.29, 1.82) is 0 Å². The molecule has 0 radical (unpaired) electrons. The molecule has 0 fully saturated rings. The molecule has 0 aliphatic carbocycles. The summed E-state index contributed by atoms with van der Waals surface area (Å²) in [5.41, 5.74) is -0.662. The number of hydrogen-bond donors (Lipinski definition) is 0. The Hall–Kier alpha value is -2.05. The molecule has 0 amide bonds. The smallest absolute Gasteiger partial charge is 0.416 e. The third-order valence-corrected chi connectivity index (χ3v) is 1.94. The second kappa shape index (κ2) is 4.86. The van der Waals surface area contributed by atoms with Crippen LogP contribution in [0.15, 0.2) is 24.4 Å². The number of hydrogen-bond acceptors (Lipinski definition) is 3. The quantitative estimate of drug-likeness (QED) is 0.609. The van der Waals surface area contributed by atoms with Crippen LogP contribution in [-0.2, 0) is 6.18 Å². The van der Waals surface area contributed by atoms with E-state index < -0.39 is 16.7 Å². The third kappa shape index (κ3) is 3.47. The molecule has 1 aromatic carbocycles. The van der Waals surface area contributed by atoms with Crippen molar-refractivity contribution in [2.45, 2.75) is 6.18 Å². The Morgan fingerprint density at radius 3 is 2.53 bits per heavy atom. The Morgan fingerprint density at radius 2 is 2.06 bits per heavy atom. The maximum absolute atomic E-state index is 12.4. The molecular formula is C10H8F3NO3. The summed E-state index contributed by atoms with van der Waals surface area (Å²) in [6.07, 6.45) is -2.78. The largest absolute Gasteiger partial charge is 0.496 e. The fourth-order valence-corrected chi connectivity index (χ4v) is 1.17. The highest BCUT2D eigenvalue weighted by Crippen LogP contribution is 2.33. The van der Waals surface area contributed by atoms with Crippen molar-refractivity contribution < 1.29 is 22.8 Å². The second-order valence-electron chi connectivity index (χ2n) is 3.06. The minimum absolute atomic E-state index is 0.0714. The summed E-state index contributed by atoms with van der Waals surface area (Å²) < 4.78 is 41.8. The molecule has 7 heteroatoms. The van der Waals surface area contributed by atoms with Crippen molar-refractivity contribution in [1.82, 2.24) is 0 Å². The van der Waals surface area contributed by atoms with E-state index in [0.717, 1.165) is 24.3 Å². The Balaban J connectivity index is 3.14. The molecule has 0 atom stereocenters. The van der Waals surface area contributed by atoms with E-state index in [1.54, 1.807) is 0 Å². The number of nitro groups is 1. The SMILES string of the molecule is COc1cc(C(F)(F)F)ccc1/C=C/[N+](=O)[O-]. The Morgan fingerprint density at radius 1 is 1.41 bits per heavy atom. The van der Waals surface area contributed by atoms with Crippen molar-refractivity contribution in [3.63, 3.8) is 0 Å². The molecule has 0 N–H and O–H groups in total. The summed E-state index contributed by atoms with van der Waals surface area (Å²) in [5.74, 6) is -0.0714. The van der Waals surface area contributed by atoms with Crippen LogP contribution in [0.5, 0.6) is 5.75 Å². The van der Waals surface area contributed by atoms with Crippen LogP contribution in [0.25, 0.3) is 6.08 Å². The number of nitrogens with zero attached hydrogens (tertiary/aromatic N) is 1. The molecule has 0 heterocycles. The van der Waals surface area contributed by atoms with Gasteiger partial charge in [-0.25, -0.2) is 0 Å². The highest BCUT2D eigenvalue weighted by Gasteiger charge is 2.31. The molecule has 17 heavy (non-hydrogen) atoms. The van der Waals surface area contributed by atoms with Gasteiger partial charge in [-0.05, 0) is 12.1 Å². The van der Waals surface area contributed by atoms with E-state index in [0.29, 0.717) is 6.20 Å². The molecule has 0 saturated carbocycles. The number of rotatable bonds is 3. The predicted molar refractivity (Wildman–Crippen MR) is 54.0 cm³/mol. The van der Waals surface area contributed by atoms with Crippen LogP contribution < -0.4 is 4.74 Å². The van der Waals surface area contributed by atoms with Gasteiger partial charge in [0.15, 0.2) is 0 Å². The molecule has 1 rings (SSSR count). The minimum atomic E-state index is -4.47. The van der Waals surface area contributed by atoms with Gasteiger partial charge in [0.2, 0.25) is 6.20 Å². The molecule has 0 aromatic heterocycles. The van der Waals surface area contributed by atoms with Gasteiger partial charge in [0.05, 0.1) is 17.6 Å². The first-order chi connectivity index (χ1) is 7.84. The third-order valence-electron chi connectivity index (χ3n) is 1.94. The summed E-state index contributed by atoms with van der Waals surface area (Å²) in [6.45, 7) is 0. The van der Waals surface area contributed by atoms with Crippen molar-refractivity contribution in [3.8, 4) is 5.75 Å². The average Bonchev–Trinajstić information content (AvgIpc) is 2.24. The van der Waals surface area contributed by atoms with Crippen molar-refractivity contribution in [2.75, 3.05) is 7.11 Å². The highest BCUT2D eigenvalue weighted by atomic mass is 19.4. The first kappa shape index (κ1) is 13.0. The number of methoxy groups -OCH3 is 1. The highest BCUT2D eigenvalue weighted by molar-refractivity contribution is 5.57. The summed E-state index contributed by atoms with van der Waals surface area (Å²) in [5, 5.41) is 10.1. The number of ether oxygens (including phenoxy) is 1. The lowest BCUT2D eigenvalue weighted by Crippen LogP contribution is -2.05. The predicted octanol–water partition coefficient (Wildman–Crippen LogP) is 2.96. The Bertz CT molecular complexity index is 455. The van der Waals surface area contributed by atoms with E-state index in [-0.39, 0.29) is 11.3 Å².